The number of nitriles is 1. The van der Waals surface area contributed by atoms with Crippen LogP contribution in [0.1, 0.15) is 18.4 Å². The van der Waals surface area contributed by atoms with Gasteiger partial charge in [-0.2, -0.15) is 5.26 Å². The van der Waals surface area contributed by atoms with Gasteiger partial charge in [0.05, 0.1) is 17.2 Å². The van der Waals surface area contributed by atoms with Crippen molar-refractivity contribution in [3.8, 4) is 6.07 Å². The molecular formula is C13H14BrN3O. The maximum absolute atomic E-state index is 12.1. The fraction of sp³-hybridized carbons (Fsp3) is 0.385. The molecule has 18 heavy (non-hydrogen) atoms. The van der Waals surface area contributed by atoms with E-state index in [1.807, 2.05) is 0 Å². The van der Waals surface area contributed by atoms with Crippen molar-refractivity contribution in [2.75, 3.05) is 18.4 Å². The number of anilines is 1. The molecule has 2 N–H and O–H groups in total. The lowest BCUT2D eigenvalue weighted by Crippen LogP contribution is -2.37. The van der Waals surface area contributed by atoms with Crippen LogP contribution in [0.4, 0.5) is 5.69 Å². The fourth-order valence-electron chi connectivity index (χ4n) is 2.03. The van der Waals surface area contributed by atoms with Crippen LogP contribution in [0.5, 0.6) is 0 Å². The monoisotopic (exact) mass is 307 g/mol. The highest BCUT2D eigenvalue weighted by Gasteiger charge is 2.21. The van der Waals surface area contributed by atoms with Crippen molar-refractivity contribution in [2.45, 2.75) is 12.8 Å². The number of amides is 1. The Bertz CT molecular complexity index is 489. The van der Waals surface area contributed by atoms with Crippen molar-refractivity contribution in [3.63, 3.8) is 0 Å². The van der Waals surface area contributed by atoms with E-state index in [0.29, 0.717) is 17.8 Å². The van der Waals surface area contributed by atoms with Crippen LogP contribution in [0, 0.1) is 17.2 Å². The Kier molecular flexibility index (Phi) is 4.34. The van der Waals surface area contributed by atoms with E-state index in [9.17, 15) is 4.79 Å². The number of rotatable bonds is 2. The van der Waals surface area contributed by atoms with Crippen molar-refractivity contribution in [1.82, 2.24) is 5.32 Å². The van der Waals surface area contributed by atoms with Crippen molar-refractivity contribution < 1.29 is 4.79 Å². The summed E-state index contributed by atoms with van der Waals surface area (Å²) in [5.74, 6) is -0.0268. The average Bonchev–Trinajstić information content (AvgIpc) is 2.40. The fourth-order valence-corrected chi connectivity index (χ4v) is 2.39. The van der Waals surface area contributed by atoms with Gasteiger partial charge in [0.1, 0.15) is 6.07 Å². The molecule has 0 spiro atoms. The van der Waals surface area contributed by atoms with Crippen molar-refractivity contribution in [2.24, 2.45) is 5.92 Å². The Morgan fingerprint density at radius 1 is 1.56 bits per heavy atom. The minimum atomic E-state index is -0.0169. The van der Waals surface area contributed by atoms with E-state index in [0.717, 1.165) is 23.9 Å². The summed E-state index contributed by atoms with van der Waals surface area (Å²) < 4.78 is 0.846. The molecule has 1 aliphatic rings. The molecule has 1 saturated heterocycles. The van der Waals surface area contributed by atoms with E-state index in [1.165, 1.54) is 0 Å². The van der Waals surface area contributed by atoms with Gasteiger partial charge in [-0.05, 0) is 37.6 Å². The molecule has 0 bridgehead atoms. The molecule has 0 radical (unpaired) electrons. The zero-order chi connectivity index (χ0) is 13.0. The Hall–Kier alpha value is -1.38. The van der Waals surface area contributed by atoms with Crippen LogP contribution in [0.2, 0.25) is 0 Å². The largest absolute Gasteiger partial charge is 0.325 e. The first-order valence-corrected chi connectivity index (χ1v) is 6.71. The third-order valence-electron chi connectivity index (χ3n) is 3.03. The Balaban J connectivity index is 2.11. The van der Waals surface area contributed by atoms with Crippen LogP contribution in [0.15, 0.2) is 22.7 Å². The molecule has 1 aliphatic heterocycles. The number of nitrogens with one attached hydrogen (secondary N) is 2. The van der Waals surface area contributed by atoms with E-state index in [4.69, 9.17) is 5.26 Å². The van der Waals surface area contributed by atoms with Crippen LogP contribution >= 0.6 is 15.9 Å². The number of nitrogens with zero attached hydrogens (tertiary/aromatic N) is 1. The Labute approximate surface area is 115 Å². The topological polar surface area (TPSA) is 64.9 Å². The van der Waals surface area contributed by atoms with Crippen molar-refractivity contribution >= 4 is 27.5 Å². The average molecular weight is 308 g/mol. The van der Waals surface area contributed by atoms with Gasteiger partial charge in [0.2, 0.25) is 5.91 Å². The highest BCUT2D eigenvalue weighted by molar-refractivity contribution is 9.10. The molecule has 1 aromatic rings. The number of hydrogen-bond donors (Lipinski definition) is 2. The summed E-state index contributed by atoms with van der Waals surface area (Å²) >= 11 is 3.34. The Morgan fingerprint density at radius 2 is 2.39 bits per heavy atom. The molecule has 1 unspecified atom stereocenters. The summed E-state index contributed by atoms with van der Waals surface area (Å²) in [7, 11) is 0. The number of hydrogen-bond acceptors (Lipinski definition) is 3. The maximum Gasteiger partial charge on any atom is 0.228 e. The first kappa shape index (κ1) is 13.1. The van der Waals surface area contributed by atoms with Crippen LogP contribution in [-0.2, 0) is 4.79 Å². The number of piperidine rings is 1. The summed E-state index contributed by atoms with van der Waals surface area (Å²) in [6.45, 7) is 1.69. The second kappa shape index (κ2) is 5.98. The summed E-state index contributed by atoms with van der Waals surface area (Å²) in [4.78, 5) is 12.1. The normalized spacial score (nSPS) is 19.0. The van der Waals surface area contributed by atoms with Crippen molar-refractivity contribution in [3.05, 3.63) is 28.2 Å². The van der Waals surface area contributed by atoms with Gasteiger partial charge in [-0.1, -0.05) is 15.9 Å². The first-order valence-electron chi connectivity index (χ1n) is 5.92. The standard InChI is InChI=1S/C13H14BrN3O/c14-11-4-3-9(7-15)12(6-11)17-13(18)10-2-1-5-16-8-10/h3-4,6,10,16H,1-2,5,8H2,(H,17,18). The highest BCUT2D eigenvalue weighted by atomic mass is 79.9. The molecule has 1 heterocycles. The second-order valence-electron chi connectivity index (χ2n) is 4.33. The lowest BCUT2D eigenvalue weighted by Gasteiger charge is -2.22. The molecule has 1 atom stereocenters. The van der Waals surface area contributed by atoms with E-state index in [1.54, 1.807) is 18.2 Å². The molecule has 0 saturated carbocycles. The van der Waals surface area contributed by atoms with Gasteiger partial charge in [-0.25, -0.2) is 0 Å². The SMILES string of the molecule is N#Cc1ccc(Br)cc1NC(=O)C1CCCNC1. The summed E-state index contributed by atoms with van der Waals surface area (Å²) in [5, 5.41) is 15.1. The van der Waals surface area contributed by atoms with Crippen molar-refractivity contribution in [1.29, 1.82) is 5.26 Å². The van der Waals surface area contributed by atoms with Crippen LogP contribution < -0.4 is 10.6 Å². The molecule has 2 rings (SSSR count). The summed E-state index contributed by atoms with van der Waals surface area (Å²) in [6.07, 6.45) is 1.91. The number of carbonyl (C=O) groups excluding carboxylic acids is 1. The molecule has 0 aromatic heterocycles. The van der Waals surface area contributed by atoms with Gasteiger partial charge in [-0.15, -0.1) is 0 Å². The van der Waals surface area contributed by atoms with Gasteiger partial charge in [0.25, 0.3) is 0 Å². The summed E-state index contributed by atoms with van der Waals surface area (Å²) in [5.41, 5.74) is 1.05. The van der Waals surface area contributed by atoms with Crippen LogP contribution in [0.25, 0.3) is 0 Å². The minimum absolute atomic E-state index is 0.00993. The van der Waals surface area contributed by atoms with Gasteiger partial charge < -0.3 is 10.6 Å². The smallest absolute Gasteiger partial charge is 0.228 e. The Morgan fingerprint density at radius 3 is 3.06 bits per heavy atom. The molecule has 1 fully saturated rings. The predicted molar refractivity (Wildman–Crippen MR) is 73.1 cm³/mol. The van der Waals surface area contributed by atoms with Gasteiger partial charge in [0, 0.05) is 11.0 Å². The van der Waals surface area contributed by atoms with E-state index < -0.39 is 0 Å². The maximum atomic E-state index is 12.1. The molecule has 4 nitrogen and oxygen atoms in total. The molecular weight excluding hydrogens is 294 g/mol. The molecule has 0 aliphatic carbocycles. The predicted octanol–water partition coefficient (Wildman–Crippen LogP) is 2.26. The molecule has 94 valence electrons. The first-order chi connectivity index (χ1) is 8.70. The van der Waals surface area contributed by atoms with Gasteiger partial charge in [0.15, 0.2) is 0 Å². The van der Waals surface area contributed by atoms with Gasteiger partial charge >= 0.3 is 0 Å². The van der Waals surface area contributed by atoms with Crippen LogP contribution in [0.3, 0.4) is 0 Å². The van der Waals surface area contributed by atoms with Gasteiger partial charge in [-0.3, -0.25) is 4.79 Å². The van der Waals surface area contributed by atoms with Crippen LogP contribution in [-0.4, -0.2) is 19.0 Å². The third kappa shape index (κ3) is 3.09. The lowest BCUT2D eigenvalue weighted by atomic mass is 9.98. The number of carbonyl (C=O) groups is 1. The van der Waals surface area contributed by atoms with E-state index in [2.05, 4.69) is 32.6 Å². The third-order valence-corrected chi connectivity index (χ3v) is 3.52. The zero-order valence-electron chi connectivity index (χ0n) is 9.87. The number of benzene rings is 1. The molecule has 1 amide bonds. The molecule has 5 heteroatoms. The lowest BCUT2D eigenvalue weighted by molar-refractivity contribution is -0.120. The minimum Gasteiger partial charge on any atom is -0.325 e. The highest BCUT2D eigenvalue weighted by Crippen LogP contribution is 2.22. The second-order valence-corrected chi connectivity index (χ2v) is 5.25. The number of halogens is 1. The van der Waals surface area contributed by atoms with E-state index in [-0.39, 0.29) is 11.8 Å². The molecule has 1 aromatic carbocycles. The zero-order valence-corrected chi connectivity index (χ0v) is 11.5. The quantitative estimate of drug-likeness (QED) is 0.881. The summed E-state index contributed by atoms with van der Waals surface area (Å²) in [6, 6.07) is 7.32. The van der Waals surface area contributed by atoms with E-state index >= 15 is 0 Å².